The zero-order valence-corrected chi connectivity index (χ0v) is 17.0. The van der Waals surface area contributed by atoms with Gasteiger partial charge in [-0.2, -0.15) is 13.5 Å². The summed E-state index contributed by atoms with van der Waals surface area (Å²) in [4.78, 5) is 3.85. The van der Waals surface area contributed by atoms with Crippen molar-refractivity contribution < 1.29 is 26.1 Å². The number of halogens is 3. The van der Waals surface area contributed by atoms with Crippen molar-refractivity contribution in [3.63, 3.8) is 0 Å². The van der Waals surface area contributed by atoms with Gasteiger partial charge in [-0.05, 0) is 36.4 Å². The Morgan fingerprint density at radius 3 is 2.67 bits per heavy atom. The second-order valence-corrected chi connectivity index (χ2v) is 8.87. The smallest absolute Gasteiger partial charge is 0.296 e. The molecule has 0 bridgehead atoms. The Morgan fingerprint density at radius 2 is 2.00 bits per heavy atom. The van der Waals surface area contributed by atoms with Gasteiger partial charge in [-0.3, -0.25) is 4.18 Å². The van der Waals surface area contributed by atoms with Gasteiger partial charge in [-0.25, -0.2) is 18.4 Å². The predicted octanol–water partition coefficient (Wildman–Crippen LogP) is 3.35. The molecule has 2 aromatic carbocycles. The van der Waals surface area contributed by atoms with Crippen LogP contribution in [0.4, 0.5) is 8.78 Å². The van der Waals surface area contributed by atoms with E-state index in [1.54, 1.807) is 0 Å². The van der Waals surface area contributed by atoms with E-state index in [1.807, 2.05) is 0 Å². The van der Waals surface area contributed by atoms with E-state index in [2.05, 4.69) is 10.1 Å². The van der Waals surface area contributed by atoms with Crippen LogP contribution in [0.1, 0.15) is 12.0 Å². The number of aromatic nitrogens is 3. The number of rotatable bonds is 6. The molecule has 0 radical (unpaired) electrons. The Morgan fingerprint density at radius 1 is 1.23 bits per heavy atom. The van der Waals surface area contributed by atoms with Crippen LogP contribution in [0.3, 0.4) is 0 Å². The lowest BCUT2D eigenvalue weighted by atomic mass is 9.94. The topological polar surface area (TPSA) is 83.3 Å². The Hall–Kier alpha value is -2.40. The van der Waals surface area contributed by atoms with Crippen molar-refractivity contribution in [2.75, 3.05) is 13.2 Å². The van der Waals surface area contributed by atoms with Crippen molar-refractivity contribution in [2.45, 2.75) is 17.0 Å². The first-order valence-electron chi connectivity index (χ1n) is 8.90. The Labute approximate surface area is 176 Å². The molecule has 1 saturated heterocycles. The molecule has 30 heavy (non-hydrogen) atoms. The number of ether oxygens (including phenoxy) is 1. The lowest BCUT2D eigenvalue weighted by Crippen LogP contribution is -2.36. The highest BCUT2D eigenvalue weighted by Crippen LogP contribution is 2.41. The van der Waals surface area contributed by atoms with Gasteiger partial charge in [0.2, 0.25) is 0 Å². The first-order valence-corrected chi connectivity index (χ1v) is 10.7. The highest BCUT2D eigenvalue weighted by atomic mass is 35.5. The van der Waals surface area contributed by atoms with E-state index in [4.69, 9.17) is 20.5 Å². The van der Waals surface area contributed by atoms with Gasteiger partial charge in [-0.15, -0.1) is 0 Å². The molecule has 2 atom stereocenters. The van der Waals surface area contributed by atoms with Gasteiger partial charge >= 0.3 is 0 Å². The highest BCUT2D eigenvalue weighted by Gasteiger charge is 2.46. The normalized spacial score (nSPS) is 21.8. The first kappa shape index (κ1) is 20.9. The molecule has 4 rings (SSSR count). The summed E-state index contributed by atoms with van der Waals surface area (Å²) in [5, 5.41) is 4.46. The van der Waals surface area contributed by atoms with Gasteiger partial charge in [0.05, 0.1) is 18.1 Å². The SMILES string of the molecule is O=S(=O)(OC[C@@H]1CO[C@](c2ccc(F)cc2F)(n2cncn2)C1)c1ccc(Cl)cc1. The number of nitrogens with zero attached hydrogens (tertiary/aromatic N) is 3. The van der Waals surface area contributed by atoms with Crippen molar-refractivity contribution >= 4 is 21.7 Å². The van der Waals surface area contributed by atoms with E-state index >= 15 is 0 Å². The molecule has 1 aliphatic rings. The fraction of sp³-hybridized carbons (Fsp3) is 0.263. The molecule has 0 unspecified atom stereocenters. The van der Waals surface area contributed by atoms with E-state index in [9.17, 15) is 17.2 Å². The van der Waals surface area contributed by atoms with Gasteiger partial charge in [0.1, 0.15) is 24.3 Å². The highest BCUT2D eigenvalue weighted by molar-refractivity contribution is 7.86. The quantitative estimate of drug-likeness (QED) is 0.530. The molecular weight excluding hydrogens is 440 g/mol. The number of benzene rings is 2. The lowest BCUT2D eigenvalue weighted by Gasteiger charge is -2.29. The molecule has 2 heterocycles. The Kier molecular flexibility index (Phi) is 5.58. The molecule has 0 N–H and O–H groups in total. The van der Waals surface area contributed by atoms with Crippen LogP contribution in [0.2, 0.25) is 5.02 Å². The van der Waals surface area contributed by atoms with Crippen molar-refractivity contribution in [1.82, 2.24) is 14.8 Å². The maximum absolute atomic E-state index is 14.6. The van der Waals surface area contributed by atoms with Gasteiger partial charge in [-0.1, -0.05) is 11.6 Å². The van der Waals surface area contributed by atoms with Gasteiger partial charge < -0.3 is 4.74 Å². The molecule has 0 saturated carbocycles. The van der Waals surface area contributed by atoms with E-state index in [-0.39, 0.29) is 30.1 Å². The van der Waals surface area contributed by atoms with Crippen molar-refractivity contribution in [1.29, 1.82) is 0 Å². The zero-order chi connectivity index (χ0) is 21.4. The molecule has 0 aliphatic carbocycles. The summed E-state index contributed by atoms with van der Waals surface area (Å²) in [6, 6.07) is 8.74. The maximum atomic E-state index is 14.6. The molecule has 7 nitrogen and oxygen atoms in total. The fourth-order valence-corrected chi connectivity index (χ4v) is 4.50. The summed E-state index contributed by atoms with van der Waals surface area (Å²) in [6.45, 7) is -0.114. The van der Waals surface area contributed by atoms with Gasteiger partial charge in [0.25, 0.3) is 10.1 Å². The van der Waals surface area contributed by atoms with Crippen LogP contribution < -0.4 is 0 Å². The molecule has 11 heteroatoms. The Bertz CT molecular complexity index is 1140. The number of hydrogen-bond donors (Lipinski definition) is 0. The molecule has 1 aromatic heterocycles. The van der Waals surface area contributed by atoms with Crippen LogP contribution in [0.5, 0.6) is 0 Å². The maximum Gasteiger partial charge on any atom is 0.296 e. The molecule has 1 aliphatic heterocycles. The van der Waals surface area contributed by atoms with E-state index in [0.717, 1.165) is 12.1 Å². The van der Waals surface area contributed by atoms with E-state index < -0.39 is 33.4 Å². The van der Waals surface area contributed by atoms with Crippen molar-refractivity contribution in [3.8, 4) is 0 Å². The van der Waals surface area contributed by atoms with E-state index in [0.29, 0.717) is 5.02 Å². The molecule has 3 aromatic rings. The summed E-state index contributed by atoms with van der Waals surface area (Å²) in [5.74, 6) is -1.93. The number of hydrogen-bond acceptors (Lipinski definition) is 6. The standard InChI is InChI=1S/C19H16ClF2N3O4S/c20-14-1-4-16(5-2-14)30(26,27)29-10-13-8-19(28-9-13,25-12-23-11-24-25)17-6-3-15(21)7-18(17)22/h1-7,11-13H,8-10H2/t13-,19+/m0/s1. The van der Waals surface area contributed by atoms with Crippen LogP contribution in [0.15, 0.2) is 60.0 Å². The third kappa shape index (κ3) is 3.95. The summed E-state index contributed by atoms with van der Waals surface area (Å²) in [7, 11) is -4.01. The summed E-state index contributed by atoms with van der Waals surface area (Å²) in [5.41, 5.74) is -1.33. The van der Waals surface area contributed by atoms with Crippen LogP contribution >= 0.6 is 11.6 Å². The molecule has 1 fully saturated rings. The van der Waals surface area contributed by atoms with Crippen LogP contribution in [0, 0.1) is 17.6 Å². The summed E-state index contributed by atoms with van der Waals surface area (Å²) >= 11 is 5.78. The fourth-order valence-electron chi connectivity index (χ4n) is 3.40. The molecule has 158 valence electrons. The summed E-state index contributed by atoms with van der Waals surface area (Å²) in [6.07, 6.45) is 2.77. The van der Waals surface area contributed by atoms with Gasteiger partial charge in [0.15, 0.2) is 5.72 Å². The average molecular weight is 456 g/mol. The minimum atomic E-state index is -4.01. The van der Waals surface area contributed by atoms with Crippen LogP contribution in [-0.4, -0.2) is 36.4 Å². The van der Waals surface area contributed by atoms with E-state index in [1.165, 1.54) is 47.7 Å². The van der Waals surface area contributed by atoms with Gasteiger partial charge in [0, 0.05) is 29.0 Å². The zero-order valence-electron chi connectivity index (χ0n) is 15.4. The van der Waals surface area contributed by atoms with Crippen LogP contribution in [0.25, 0.3) is 0 Å². The predicted molar refractivity (Wildman–Crippen MR) is 102 cm³/mol. The second kappa shape index (κ2) is 8.03. The van der Waals surface area contributed by atoms with Crippen molar-refractivity contribution in [3.05, 3.63) is 77.3 Å². The lowest BCUT2D eigenvalue weighted by molar-refractivity contribution is -0.0390. The summed E-state index contributed by atoms with van der Waals surface area (Å²) < 4.78 is 65.2. The second-order valence-electron chi connectivity index (χ2n) is 6.82. The third-order valence-electron chi connectivity index (χ3n) is 4.83. The minimum absolute atomic E-state index is 0.0297. The largest absolute Gasteiger partial charge is 0.349 e. The van der Waals surface area contributed by atoms with Crippen molar-refractivity contribution in [2.24, 2.45) is 5.92 Å². The minimum Gasteiger partial charge on any atom is -0.349 e. The monoisotopic (exact) mass is 455 g/mol. The molecule has 0 amide bonds. The first-order chi connectivity index (χ1) is 14.3. The average Bonchev–Trinajstić information content (AvgIpc) is 3.38. The molecular formula is C19H16ClF2N3O4S. The third-order valence-corrected chi connectivity index (χ3v) is 6.37. The molecule has 0 spiro atoms. The van der Waals surface area contributed by atoms with Crippen LogP contribution in [-0.2, 0) is 24.8 Å². The Balaban J connectivity index is 1.56.